The van der Waals surface area contributed by atoms with Crippen molar-refractivity contribution in [1.82, 2.24) is 10.2 Å². The summed E-state index contributed by atoms with van der Waals surface area (Å²) < 4.78 is 0. The van der Waals surface area contributed by atoms with Crippen LogP contribution in [0.25, 0.3) is 0 Å². The van der Waals surface area contributed by atoms with Crippen molar-refractivity contribution in [3.8, 4) is 0 Å². The van der Waals surface area contributed by atoms with Crippen LogP contribution in [0.4, 0.5) is 0 Å². The van der Waals surface area contributed by atoms with Gasteiger partial charge in [0, 0.05) is 31.7 Å². The molecule has 1 aliphatic rings. The van der Waals surface area contributed by atoms with Gasteiger partial charge in [0.2, 0.25) is 0 Å². The monoisotopic (exact) mass is 260 g/mol. The Morgan fingerprint density at radius 3 is 2.37 bits per heavy atom. The Labute approximate surface area is 118 Å². The molecule has 1 aliphatic heterocycles. The molecule has 2 rings (SSSR count). The highest BCUT2D eigenvalue weighted by Gasteiger charge is 2.31. The van der Waals surface area contributed by atoms with Gasteiger partial charge in [-0.05, 0) is 43.4 Å². The first-order valence-corrected chi connectivity index (χ1v) is 7.62. The van der Waals surface area contributed by atoms with Gasteiger partial charge in [-0.25, -0.2) is 0 Å². The summed E-state index contributed by atoms with van der Waals surface area (Å²) >= 11 is 0. The lowest BCUT2D eigenvalue weighted by atomic mass is 9.89. The minimum atomic E-state index is 0.328. The standard InChI is InChI=1S/C17H28N2/c1-5-17(6-2)13-19(11-10-18-17)12-16-14(3)8-7-9-15(16)4/h7-9,18H,5-6,10-13H2,1-4H3. The molecule has 0 atom stereocenters. The molecule has 1 heterocycles. The summed E-state index contributed by atoms with van der Waals surface area (Å²) in [6, 6.07) is 6.63. The van der Waals surface area contributed by atoms with Crippen LogP contribution < -0.4 is 5.32 Å². The van der Waals surface area contributed by atoms with Crippen molar-refractivity contribution >= 4 is 0 Å². The largest absolute Gasteiger partial charge is 0.309 e. The zero-order chi connectivity index (χ0) is 13.9. The summed E-state index contributed by atoms with van der Waals surface area (Å²) in [5, 5.41) is 3.74. The quantitative estimate of drug-likeness (QED) is 0.894. The summed E-state index contributed by atoms with van der Waals surface area (Å²) in [4.78, 5) is 2.62. The first kappa shape index (κ1) is 14.5. The van der Waals surface area contributed by atoms with Crippen LogP contribution in [0.1, 0.15) is 43.4 Å². The molecule has 0 unspecified atom stereocenters. The molecule has 0 aliphatic carbocycles. The molecule has 0 saturated carbocycles. The number of benzene rings is 1. The predicted molar refractivity (Wildman–Crippen MR) is 82.5 cm³/mol. The summed E-state index contributed by atoms with van der Waals surface area (Å²) in [7, 11) is 0. The fourth-order valence-corrected chi connectivity index (χ4v) is 3.22. The second-order valence-corrected chi connectivity index (χ2v) is 6.00. The van der Waals surface area contributed by atoms with E-state index < -0.39 is 0 Å². The van der Waals surface area contributed by atoms with Crippen molar-refractivity contribution in [3.63, 3.8) is 0 Å². The van der Waals surface area contributed by atoms with Crippen LogP contribution >= 0.6 is 0 Å². The summed E-state index contributed by atoms with van der Waals surface area (Å²) in [5.41, 5.74) is 4.70. The van der Waals surface area contributed by atoms with Crippen LogP contribution in [0.2, 0.25) is 0 Å². The van der Waals surface area contributed by atoms with Crippen molar-refractivity contribution in [2.24, 2.45) is 0 Å². The molecular formula is C17H28N2. The summed E-state index contributed by atoms with van der Waals surface area (Å²) in [6.45, 7) is 13.6. The lowest BCUT2D eigenvalue weighted by Crippen LogP contribution is -2.59. The number of hydrogen-bond acceptors (Lipinski definition) is 2. The van der Waals surface area contributed by atoms with Crippen LogP contribution in [0, 0.1) is 13.8 Å². The van der Waals surface area contributed by atoms with Gasteiger partial charge in [-0.1, -0.05) is 32.0 Å². The number of nitrogens with one attached hydrogen (secondary N) is 1. The molecular weight excluding hydrogens is 232 g/mol. The molecule has 1 N–H and O–H groups in total. The maximum Gasteiger partial charge on any atom is 0.0304 e. The molecule has 1 fully saturated rings. The third-order valence-electron chi connectivity index (χ3n) is 4.83. The maximum absolute atomic E-state index is 3.74. The minimum Gasteiger partial charge on any atom is -0.309 e. The van der Waals surface area contributed by atoms with E-state index in [0.717, 1.165) is 19.6 Å². The third-order valence-corrected chi connectivity index (χ3v) is 4.83. The Kier molecular flexibility index (Phi) is 4.64. The van der Waals surface area contributed by atoms with Gasteiger partial charge in [-0.15, -0.1) is 0 Å². The Hall–Kier alpha value is -0.860. The van der Waals surface area contributed by atoms with Gasteiger partial charge >= 0.3 is 0 Å². The van der Waals surface area contributed by atoms with Gasteiger partial charge in [-0.3, -0.25) is 4.90 Å². The lowest BCUT2D eigenvalue weighted by molar-refractivity contribution is 0.118. The van der Waals surface area contributed by atoms with Crippen molar-refractivity contribution in [3.05, 3.63) is 34.9 Å². The van der Waals surface area contributed by atoms with E-state index in [1.165, 1.54) is 36.1 Å². The number of piperazine rings is 1. The summed E-state index contributed by atoms with van der Waals surface area (Å²) in [5.74, 6) is 0. The van der Waals surface area contributed by atoms with E-state index in [4.69, 9.17) is 0 Å². The van der Waals surface area contributed by atoms with Gasteiger partial charge in [0.15, 0.2) is 0 Å². The van der Waals surface area contributed by atoms with Gasteiger partial charge in [0.1, 0.15) is 0 Å². The minimum absolute atomic E-state index is 0.328. The molecule has 0 aromatic heterocycles. The molecule has 0 bridgehead atoms. The van der Waals surface area contributed by atoms with Crippen LogP contribution in [-0.2, 0) is 6.54 Å². The number of nitrogens with zero attached hydrogens (tertiary/aromatic N) is 1. The van der Waals surface area contributed by atoms with Gasteiger partial charge in [-0.2, -0.15) is 0 Å². The molecule has 1 aromatic carbocycles. The number of rotatable bonds is 4. The molecule has 106 valence electrons. The predicted octanol–water partition coefficient (Wildman–Crippen LogP) is 3.27. The average Bonchev–Trinajstić information content (AvgIpc) is 2.43. The molecule has 0 spiro atoms. The van der Waals surface area contributed by atoms with Crippen molar-refractivity contribution in [2.75, 3.05) is 19.6 Å². The summed E-state index contributed by atoms with van der Waals surface area (Å²) in [6.07, 6.45) is 2.43. The van der Waals surface area contributed by atoms with E-state index in [1.54, 1.807) is 0 Å². The van der Waals surface area contributed by atoms with E-state index in [1.807, 2.05) is 0 Å². The highest BCUT2D eigenvalue weighted by atomic mass is 15.2. The van der Waals surface area contributed by atoms with Crippen LogP contribution in [0.3, 0.4) is 0 Å². The van der Waals surface area contributed by atoms with Crippen LogP contribution in [0.15, 0.2) is 18.2 Å². The SMILES string of the molecule is CCC1(CC)CN(Cc2c(C)cccc2C)CCN1. The van der Waals surface area contributed by atoms with Gasteiger partial charge in [0.05, 0.1) is 0 Å². The van der Waals surface area contributed by atoms with Crippen molar-refractivity contribution in [2.45, 2.75) is 52.6 Å². The molecule has 2 heteroatoms. The van der Waals surface area contributed by atoms with E-state index in [9.17, 15) is 0 Å². The zero-order valence-corrected chi connectivity index (χ0v) is 12.9. The zero-order valence-electron chi connectivity index (χ0n) is 12.9. The molecule has 1 saturated heterocycles. The highest BCUT2D eigenvalue weighted by Crippen LogP contribution is 2.23. The number of aryl methyl sites for hydroxylation is 2. The first-order valence-electron chi connectivity index (χ1n) is 7.62. The smallest absolute Gasteiger partial charge is 0.0304 e. The van der Waals surface area contributed by atoms with E-state index in [0.29, 0.717) is 5.54 Å². The molecule has 0 amide bonds. The highest BCUT2D eigenvalue weighted by molar-refractivity contribution is 5.33. The second kappa shape index (κ2) is 6.06. The maximum atomic E-state index is 3.74. The van der Waals surface area contributed by atoms with E-state index >= 15 is 0 Å². The first-order chi connectivity index (χ1) is 9.10. The normalized spacial score (nSPS) is 19.6. The van der Waals surface area contributed by atoms with Gasteiger partial charge in [0.25, 0.3) is 0 Å². The molecule has 2 nitrogen and oxygen atoms in total. The number of hydrogen-bond donors (Lipinski definition) is 1. The molecule has 0 radical (unpaired) electrons. The van der Waals surface area contributed by atoms with E-state index in [2.05, 4.69) is 56.1 Å². The Balaban J connectivity index is 2.11. The van der Waals surface area contributed by atoms with Crippen LogP contribution in [-0.4, -0.2) is 30.1 Å². The third kappa shape index (κ3) is 3.18. The lowest BCUT2D eigenvalue weighted by Gasteiger charge is -2.43. The van der Waals surface area contributed by atoms with E-state index in [-0.39, 0.29) is 0 Å². The average molecular weight is 260 g/mol. The van der Waals surface area contributed by atoms with Crippen LogP contribution in [0.5, 0.6) is 0 Å². The Bertz CT molecular complexity index is 401. The van der Waals surface area contributed by atoms with Gasteiger partial charge < -0.3 is 5.32 Å². The second-order valence-electron chi connectivity index (χ2n) is 6.00. The fourth-order valence-electron chi connectivity index (χ4n) is 3.22. The fraction of sp³-hybridized carbons (Fsp3) is 0.647. The topological polar surface area (TPSA) is 15.3 Å². The van der Waals surface area contributed by atoms with Crippen molar-refractivity contribution in [1.29, 1.82) is 0 Å². The molecule has 19 heavy (non-hydrogen) atoms. The van der Waals surface area contributed by atoms with Crippen molar-refractivity contribution < 1.29 is 0 Å². The Morgan fingerprint density at radius 1 is 1.16 bits per heavy atom. The molecule has 1 aromatic rings. The Morgan fingerprint density at radius 2 is 1.79 bits per heavy atom.